The minimum atomic E-state index is -0.130. The molecule has 2 aromatic rings. The van der Waals surface area contributed by atoms with E-state index in [1.54, 1.807) is 17.0 Å². The Morgan fingerprint density at radius 3 is 2.26 bits per heavy atom. The lowest BCUT2D eigenvalue weighted by atomic mass is 10.1. The summed E-state index contributed by atoms with van der Waals surface area (Å²) in [4.78, 5) is 14.8. The summed E-state index contributed by atoms with van der Waals surface area (Å²) < 4.78 is 26.8. The molecule has 144 valence electrons. The van der Waals surface area contributed by atoms with Gasteiger partial charge in [-0.3, -0.25) is 4.79 Å². The summed E-state index contributed by atoms with van der Waals surface area (Å²) in [5, 5.41) is 0. The minimum Gasteiger partial charge on any atom is -0.493 e. The molecule has 0 saturated carbocycles. The van der Waals surface area contributed by atoms with Gasteiger partial charge >= 0.3 is 0 Å². The summed E-state index contributed by atoms with van der Waals surface area (Å²) >= 11 is 0. The third-order valence-electron chi connectivity index (χ3n) is 4.39. The van der Waals surface area contributed by atoms with Crippen LogP contribution >= 0.6 is 0 Å². The first-order valence-electron chi connectivity index (χ1n) is 8.59. The first-order chi connectivity index (χ1) is 13.1. The zero-order valence-electron chi connectivity index (χ0n) is 15.9. The molecule has 1 amide bonds. The number of nitrogens with zero attached hydrogens (tertiary/aromatic N) is 1. The molecule has 2 aromatic carbocycles. The number of benzene rings is 2. The van der Waals surface area contributed by atoms with Gasteiger partial charge in [-0.2, -0.15) is 0 Å². The van der Waals surface area contributed by atoms with Crippen LogP contribution in [0.5, 0.6) is 28.7 Å². The number of fused-ring (bicyclic) bond motifs is 1. The number of carbonyl (C=O) groups is 1. The topological polar surface area (TPSA) is 66.5 Å². The van der Waals surface area contributed by atoms with Crippen molar-refractivity contribution in [2.24, 2.45) is 0 Å². The summed E-state index contributed by atoms with van der Waals surface area (Å²) in [6.07, 6.45) is 0. The lowest BCUT2D eigenvalue weighted by molar-refractivity contribution is 0.0751. The first kappa shape index (κ1) is 18.7. The fourth-order valence-corrected chi connectivity index (χ4v) is 2.97. The average molecular weight is 373 g/mol. The standard InChI is InChI=1S/C20H23NO6/c1-5-21(11-13-6-7-15-16(8-13)27-12-26-15)20(22)14-9-17(23-2)19(25-4)18(10-14)24-3/h6-10H,5,11-12H2,1-4H3. The molecule has 7 heteroatoms. The molecule has 1 aliphatic heterocycles. The third kappa shape index (κ3) is 3.72. The highest BCUT2D eigenvalue weighted by Gasteiger charge is 2.21. The van der Waals surface area contributed by atoms with Gasteiger partial charge in [-0.15, -0.1) is 0 Å². The monoisotopic (exact) mass is 373 g/mol. The smallest absolute Gasteiger partial charge is 0.254 e. The van der Waals surface area contributed by atoms with Crippen molar-refractivity contribution in [3.05, 3.63) is 41.5 Å². The van der Waals surface area contributed by atoms with Gasteiger partial charge in [-0.1, -0.05) is 6.07 Å². The number of carbonyl (C=O) groups excluding carboxylic acids is 1. The lowest BCUT2D eigenvalue weighted by Crippen LogP contribution is -2.30. The summed E-state index contributed by atoms with van der Waals surface area (Å²) in [7, 11) is 4.57. The second kappa shape index (κ2) is 8.07. The van der Waals surface area contributed by atoms with Gasteiger partial charge in [0.15, 0.2) is 23.0 Å². The van der Waals surface area contributed by atoms with Crippen molar-refractivity contribution in [3.8, 4) is 28.7 Å². The highest BCUT2D eigenvalue weighted by Crippen LogP contribution is 2.38. The van der Waals surface area contributed by atoms with Crippen LogP contribution in [0.25, 0.3) is 0 Å². The van der Waals surface area contributed by atoms with Crippen LogP contribution in [-0.4, -0.2) is 45.5 Å². The fourth-order valence-electron chi connectivity index (χ4n) is 2.97. The summed E-state index contributed by atoms with van der Waals surface area (Å²) in [6.45, 7) is 3.15. The van der Waals surface area contributed by atoms with Crippen molar-refractivity contribution in [3.63, 3.8) is 0 Å². The molecule has 1 heterocycles. The number of rotatable bonds is 7. The maximum atomic E-state index is 13.1. The van der Waals surface area contributed by atoms with Crippen molar-refractivity contribution in [2.75, 3.05) is 34.7 Å². The summed E-state index contributed by atoms with van der Waals surface area (Å²) in [6, 6.07) is 9.00. The highest BCUT2D eigenvalue weighted by atomic mass is 16.7. The van der Waals surface area contributed by atoms with Crippen molar-refractivity contribution in [2.45, 2.75) is 13.5 Å². The van der Waals surface area contributed by atoms with E-state index < -0.39 is 0 Å². The molecule has 0 unspecified atom stereocenters. The molecule has 0 atom stereocenters. The number of hydrogen-bond acceptors (Lipinski definition) is 6. The van der Waals surface area contributed by atoms with E-state index in [0.29, 0.717) is 41.7 Å². The predicted molar refractivity (Wildman–Crippen MR) is 99.1 cm³/mol. The SMILES string of the molecule is CCN(Cc1ccc2c(c1)OCO2)C(=O)c1cc(OC)c(OC)c(OC)c1. The van der Waals surface area contributed by atoms with E-state index in [9.17, 15) is 4.79 Å². The molecule has 27 heavy (non-hydrogen) atoms. The number of hydrogen-bond donors (Lipinski definition) is 0. The van der Waals surface area contributed by atoms with Gasteiger partial charge in [0.2, 0.25) is 12.5 Å². The molecule has 0 bridgehead atoms. The minimum absolute atomic E-state index is 0.130. The van der Waals surface area contributed by atoms with Crippen LogP contribution in [-0.2, 0) is 6.54 Å². The second-order valence-corrected chi connectivity index (χ2v) is 5.92. The highest BCUT2D eigenvalue weighted by molar-refractivity contribution is 5.95. The van der Waals surface area contributed by atoms with E-state index in [1.807, 2.05) is 25.1 Å². The van der Waals surface area contributed by atoms with Crippen LogP contribution in [0.2, 0.25) is 0 Å². The maximum Gasteiger partial charge on any atom is 0.254 e. The molecule has 0 spiro atoms. The first-order valence-corrected chi connectivity index (χ1v) is 8.59. The van der Waals surface area contributed by atoms with Gasteiger partial charge in [-0.05, 0) is 36.8 Å². The van der Waals surface area contributed by atoms with Crippen LogP contribution in [0, 0.1) is 0 Å². The molecular formula is C20H23NO6. The van der Waals surface area contributed by atoms with Crippen molar-refractivity contribution in [1.82, 2.24) is 4.90 Å². The van der Waals surface area contributed by atoms with Crippen LogP contribution in [0.4, 0.5) is 0 Å². The molecule has 0 aromatic heterocycles. The van der Waals surface area contributed by atoms with Gasteiger partial charge in [0, 0.05) is 18.7 Å². The largest absolute Gasteiger partial charge is 0.493 e. The van der Waals surface area contributed by atoms with Gasteiger partial charge < -0.3 is 28.6 Å². The van der Waals surface area contributed by atoms with E-state index in [1.165, 1.54) is 21.3 Å². The Labute approximate surface area is 158 Å². The Bertz CT molecular complexity index is 810. The van der Waals surface area contributed by atoms with E-state index in [0.717, 1.165) is 11.3 Å². The quantitative estimate of drug-likeness (QED) is 0.743. The molecule has 7 nitrogen and oxygen atoms in total. The Hall–Kier alpha value is -3.09. The zero-order valence-corrected chi connectivity index (χ0v) is 15.9. The Morgan fingerprint density at radius 2 is 1.67 bits per heavy atom. The van der Waals surface area contributed by atoms with Crippen LogP contribution in [0.3, 0.4) is 0 Å². The van der Waals surface area contributed by atoms with Crippen LogP contribution in [0.15, 0.2) is 30.3 Å². The third-order valence-corrected chi connectivity index (χ3v) is 4.39. The Kier molecular flexibility index (Phi) is 5.59. The molecule has 1 aliphatic rings. The van der Waals surface area contributed by atoms with E-state index in [4.69, 9.17) is 23.7 Å². The number of methoxy groups -OCH3 is 3. The molecule has 3 rings (SSSR count). The molecule has 0 fully saturated rings. The van der Waals surface area contributed by atoms with E-state index in [-0.39, 0.29) is 12.7 Å². The molecule has 0 saturated heterocycles. The van der Waals surface area contributed by atoms with Crippen molar-refractivity contribution < 1.29 is 28.5 Å². The summed E-state index contributed by atoms with van der Waals surface area (Å²) in [5.74, 6) is 2.63. The molecular weight excluding hydrogens is 350 g/mol. The lowest BCUT2D eigenvalue weighted by Gasteiger charge is -2.22. The summed E-state index contributed by atoms with van der Waals surface area (Å²) in [5.41, 5.74) is 1.42. The van der Waals surface area contributed by atoms with Gasteiger partial charge in [0.05, 0.1) is 21.3 Å². The predicted octanol–water partition coefficient (Wildman–Crippen LogP) is 3.10. The molecule has 0 radical (unpaired) electrons. The maximum absolute atomic E-state index is 13.1. The second-order valence-electron chi connectivity index (χ2n) is 5.92. The molecule has 0 aliphatic carbocycles. The van der Waals surface area contributed by atoms with Gasteiger partial charge in [-0.25, -0.2) is 0 Å². The Balaban J connectivity index is 1.86. The zero-order chi connectivity index (χ0) is 19.4. The van der Waals surface area contributed by atoms with Gasteiger partial charge in [0.1, 0.15) is 0 Å². The van der Waals surface area contributed by atoms with Crippen molar-refractivity contribution >= 4 is 5.91 Å². The number of amides is 1. The van der Waals surface area contributed by atoms with Gasteiger partial charge in [0.25, 0.3) is 5.91 Å². The van der Waals surface area contributed by atoms with E-state index in [2.05, 4.69) is 0 Å². The average Bonchev–Trinajstić information content (AvgIpc) is 3.18. The normalized spacial score (nSPS) is 11.9. The fraction of sp³-hybridized carbons (Fsp3) is 0.350. The van der Waals surface area contributed by atoms with Crippen LogP contribution < -0.4 is 23.7 Å². The molecule has 0 N–H and O–H groups in total. The van der Waals surface area contributed by atoms with E-state index >= 15 is 0 Å². The number of ether oxygens (including phenoxy) is 5. The Morgan fingerprint density at radius 1 is 1.00 bits per heavy atom. The van der Waals surface area contributed by atoms with Crippen molar-refractivity contribution in [1.29, 1.82) is 0 Å². The van der Waals surface area contributed by atoms with Crippen LogP contribution in [0.1, 0.15) is 22.8 Å².